The van der Waals surface area contributed by atoms with E-state index in [9.17, 15) is 9.59 Å². The van der Waals surface area contributed by atoms with E-state index < -0.39 is 17.7 Å². The summed E-state index contributed by atoms with van der Waals surface area (Å²) in [5.74, 6) is -0.889. The summed E-state index contributed by atoms with van der Waals surface area (Å²) in [5, 5.41) is 11.3. The molecule has 1 aromatic heterocycles. The van der Waals surface area contributed by atoms with E-state index in [0.717, 1.165) is 6.20 Å². The molecule has 0 spiro atoms. The van der Waals surface area contributed by atoms with Crippen LogP contribution in [0.1, 0.15) is 6.92 Å². The maximum absolute atomic E-state index is 10.8. The molecule has 0 aliphatic heterocycles. The first-order valence-corrected chi connectivity index (χ1v) is 4.12. The minimum absolute atomic E-state index is 0.154. The Morgan fingerprint density at radius 2 is 2.43 bits per heavy atom. The summed E-state index contributed by atoms with van der Waals surface area (Å²) in [6, 6.07) is -0.842. The van der Waals surface area contributed by atoms with Gasteiger partial charge in [-0.15, -0.1) is 0 Å². The fraction of sp³-hybridized carbons (Fsp3) is 0.286. The molecule has 3 N–H and O–H groups in total. The Hall–Kier alpha value is -1.56. The van der Waals surface area contributed by atoms with Gasteiger partial charge in [-0.2, -0.15) is 0 Å². The predicted molar refractivity (Wildman–Crippen MR) is 50.6 cm³/mol. The Kier molecular flexibility index (Phi) is 3.08. The van der Waals surface area contributed by atoms with Gasteiger partial charge in [0.2, 0.25) is 0 Å². The first-order chi connectivity index (χ1) is 6.50. The van der Waals surface area contributed by atoms with Crippen molar-refractivity contribution >= 4 is 23.4 Å². The van der Waals surface area contributed by atoms with Gasteiger partial charge in [-0.1, -0.05) is 11.6 Å². The Bertz CT molecular complexity index is 403. The largest absolute Gasteiger partial charge is 0.480 e. The molecule has 1 rings (SSSR count). The molecule has 0 saturated carbocycles. The second-order valence-corrected chi connectivity index (χ2v) is 3.02. The van der Waals surface area contributed by atoms with E-state index in [-0.39, 0.29) is 10.8 Å². The fourth-order valence-corrected chi connectivity index (χ4v) is 0.913. The molecule has 1 aromatic rings. The average Bonchev–Trinajstić information content (AvgIpc) is 2.11. The highest BCUT2D eigenvalue weighted by molar-refractivity contribution is 6.32. The summed E-state index contributed by atoms with van der Waals surface area (Å²) in [7, 11) is 0. The zero-order chi connectivity index (χ0) is 10.7. The number of nitrogens with one attached hydrogen (secondary N) is 2. The van der Waals surface area contributed by atoms with E-state index in [0.29, 0.717) is 0 Å². The summed E-state index contributed by atoms with van der Waals surface area (Å²) in [6.07, 6.45) is 1.15. The van der Waals surface area contributed by atoms with Crippen molar-refractivity contribution in [2.24, 2.45) is 0 Å². The molecule has 0 bridgehead atoms. The van der Waals surface area contributed by atoms with E-state index in [2.05, 4.69) is 15.3 Å². The Morgan fingerprint density at radius 1 is 1.79 bits per heavy atom. The third kappa shape index (κ3) is 2.46. The lowest BCUT2D eigenvalue weighted by atomic mass is 10.3. The number of rotatable bonds is 3. The number of aliphatic carboxylic acids is 1. The molecule has 1 atom stereocenters. The monoisotopic (exact) mass is 217 g/mol. The molecule has 7 heteroatoms. The highest BCUT2D eigenvalue weighted by Crippen LogP contribution is 2.15. The number of aromatic nitrogens is 2. The van der Waals surface area contributed by atoms with Gasteiger partial charge in [-0.05, 0) is 6.92 Å². The van der Waals surface area contributed by atoms with Crippen molar-refractivity contribution in [3.8, 4) is 0 Å². The molecule has 0 aliphatic rings. The zero-order valence-corrected chi connectivity index (χ0v) is 8.00. The van der Waals surface area contributed by atoms with Crippen LogP contribution in [0.2, 0.25) is 5.02 Å². The molecule has 0 aliphatic carbocycles. The number of hydrogen-bond acceptors (Lipinski definition) is 4. The normalized spacial score (nSPS) is 12.1. The second-order valence-electron chi connectivity index (χ2n) is 2.62. The number of carboxylic acids is 1. The van der Waals surface area contributed by atoms with Gasteiger partial charge in [0.15, 0.2) is 0 Å². The average molecular weight is 218 g/mol. The molecular weight excluding hydrogens is 210 g/mol. The van der Waals surface area contributed by atoms with Gasteiger partial charge in [0, 0.05) is 0 Å². The van der Waals surface area contributed by atoms with Crippen molar-refractivity contribution in [3.63, 3.8) is 0 Å². The highest BCUT2D eigenvalue weighted by atomic mass is 35.5. The molecule has 0 fully saturated rings. The number of H-pyrrole nitrogens is 1. The molecule has 14 heavy (non-hydrogen) atoms. The quantitative estimate of drug-likeness (QED) is 0.677. The van der Waals surface area contributed by atoms with Gasteiger partial charge in [-0.3, -0.25) is 9.78 Å². The SMILES string of the molecule is CC(Nc1[nH]c(=O)ncc1Cl)C(=O)O. The van der Waals surface area contributed by atoms with Crippen LogP contribution in [0.3, 0.4) is 0 Å². The number of nitrogens with zero attached hydrogens (tertiary/aromatic N) is 1. The van der Waals surface area contributed by atoms with Crippen molar-refractivity contribution in [1.82, 2.24) is 9.97 Å². The smallest absolute Gasteiger partial charge is 0.346 e. The standard InChI is InChI=1S/C7H8ClN3O3/c1-3(6(12)13)10-5-4(8)2-9-7(14)11-5/h2-3H,1H3,(H,12,13)(H2,9,10,11,14). The number of anilines is 1. The topological polar surface area (TPSA) is 95.1 Å². The third-order valence-corrected chi connectivity index (χ3v) is 1.78. The molecule has 0 aromatic carbocycles. The lowest BCUT2D eigenvalue weighted by molar-refractivity contribution is -0.137. The molecule has 76 valence electrons. The molecular formula is C7H8ClN3O3. The highest BCUT2D eigenvalue weighted by Gasteiger charge is 2.12. The van der Waals surface area contributed by atoms with Crippen LogP contribution < -0.4 is 11.0 Å². The Morgan fingerprint density at radius 3 is 3.00 bits per heavy atom. The minimum Gasteiger partial charge on any atom is -0.480 e. The van der Waals surface area contributed by atoms with Crippen molar-refractivity contribution in [2.45, 2.75) is 13.0 Å². The molecule has 0 amide bonds. The van der Waals surface area contributed by atoms with Crippen molar-refractivity contribution < 1.29 is 9.90 Å². The third-order valence-electron chi connectivity index (χ3n) is 1.50. The number of carboxylic acid groups (broad SMARTS) is 1. The van der Waals surface area contributed by atoms with Crippen LogP contribution in [0.15, 0.2) is 11.0 Å². The van der Waals surface area contributed by atoms with Crippen LogP contribution in [-0.4, -0.2) is 27.1 Å². The summed E-state index contributed by atoms with van der Waals surface area (Å²) in [4.78, 5) is 26.9. The number of halogens is 1. The summed E-state index contributed by atoms with van der Waals surface area (Å²) < 4.78 is 0. The lowest BCUT2D eigenvalue weighted by Crippen LogP contribution is -2.27. The van der Waals surface area contributed by atoms with Gasteiger partial charge in [-0.25, -0.2) is 9.78 Å². The summed E-state index contributed by atoms with van der Waals surface area (Å²) >= 11 is 5.66. The van der Waals surface area contributed by atoms with Gasteiger partial charge in [0.05, 0.1) is 11.2 Å². The van der Waals surface area contributed by atoms with Crippen LogP contribution in [0.4, 0.5) is 5.82 Å². The van der Waals surface area contributed by atoms with Crippen LogP contribution in [-0.2, 0) is 4.79 Å². The molecule has 0 radical (unpaired) electrons. The molecule has 0 saturated heterocycles. The summed E-state index contributed by atoms with van der Waals surface area (Å²) in [6.45, 7) is 1.43. The van der Waals surface area contributed by atoms with E-state index in [4.69, 9.17) is 16.7 Å². The maximum atomic E-state index is 10.8. The Labute approximate surface area is 83.9 Å². The van der Waals surface area contributed by atoms with Gasteiger partial charge < -0.3 is 10.4 Å². The van der Waals surface area contributed by atoms with Gasteiger partial charge in [0.25, 0.3) is 0 Å². The van der Waals surface area contributed by atoms with Crippen LogP contribution in [0.5, 0.6) is 0 Å². The van der Waals surface area contributed by atoms with Crippen molar-refractivity contribution in [1.29, 1.82) is 0 Å². The van der Waals surface area contributed by atoms with E-state index in [1.54, 1.807) is 0 Å². The van der Waals surface area contributed by atoms with Crippen LogP contribution in [0, 0.1) is 0 Å². The van der Waals surface area contributed by atoms with E-state index in [1.165, 1.54) is 6.92 Å². The van der Waals surface area contributed by atoms with E-state index >= 15 is 0 Å². The minimum atomic E-state index is -1.04. The first kappa shape index (κ1) is 10.5. The number of carbonyl (C=O) groups is 1. The second kappa shape index (κ2) is 4.10. The maximum Gasteiger partial charge on any atom is 0.346 e. The number of aromatic amines is 1. The predicted octanol–water partition coefficient (Wildman–Crippen LogP) is 0.308. The summed E-state index contributed by atoms with van der Waals surface area (Å²) in [5.41, 5.74) is -0.588. The Balaban J connectivity index is 2.91. The number of hydrogen-bond donors (Lipinski definition) is 3. The van der Waals surface area contributed by atoms with Crippen LogP contribution in [0.25, 0.3) is 0 Å². The van der Waals surface area contributed by atoms with Gasteiger partial charge in [0.1, 0.15) is 11.9 Å². The lowest BCUT2D eigenvalue weighted by Gasteiger charge is -2.10. The molecule has 1 heterocycles. The van der Waals surface area contributed by atoms with Crippen LogP contribution >= 0.6 is 11.6 Å². The van der Waals surface area contributed by atoms with Crippen molar-refractivity contribution in [3.05, 3.63) is 21.7 Å². The zero-order valence-electron chi connectivity index (χ0n) is 7.24. The first-order valence-electron chi connectivity index (χ1n) is 3.75. The fourth-order valence-electron chi connectivity index (χ4n) is 0.762. The van der Waals surface area contributed by atoms with E-state index in [1.807, 2.05) is 0 Å². The van der Waals surface area contributed by atoms with Gasteiger partial charge >= 0.3 is 11.7 Å². The molecule has 6 nitrogen and oxygen atoms in total. The molecule has 1 unspecified atom stereocenters. The van der Waals surface area contributed by atoms with Crippen molar-refractivity contribution in [2.75, 3.05) is 5.32 Å².